The van der Waals surface area contributed by atoms with E-state index in [2.05, 4.69) is 207 Å². The zero-order valence-corrected chi connectivity index (χ0v) is 39.7. The van der Waals surface area contributed by atoms with Crippen molar-refractivity contribution in [2.24, 2.45) is 0 Å². The molecule has 5 heterocycles. The molecular weight excluding hydrogens is 889 g/mol. The molecule has 342 valence electrons. The Kier molecular flexibility index (Phi) is 11.0. The lowest BCUT2D eigenvalue weighted by atomic mass is 9.94. The summed E-state index contributed by atoms with van der Waals surface area (Å²) in [5, 5.41) is 6.59. The molecule has 0 fully saturated rings. The van der Waals surface area contributed by atoms with Crippen LogP contribution in [0.15, 0.2) is 255 Å². The fourth-order valence-corrected chi connectivity index (χ4v) is 9.79. The van der Waals surface area contributed by atoms with Gasteiger partial charge in [-0.25, -0.2) is 19.9 Å². The lowest BCUT2D eigenvalue weighted by molar-refractivity contribution is 1.15. The van der Waals surface area contributed by atoms with Gasteiger partial charge in [0.15, 0.2) is 5.82 Å². The van der Waals surface area contributed by atoms with E-state index in [0.29, 0.717) is 5.82 Å². The summed E-state index contributed by atoms with van der Waals surface area (Å²) in [7, 11) is 0. The van der Waals surface area contributed by atoms with E-state index in [1.807, 2.05) is 42.8 Å². The molecule has 12 aromatic rings. The molecule has 0 atom stereocenters. The normalized spacial score (nSPS) is 14.4. The number of nitrogens with zero attached hydrogens (tertiary/aromatic N) is 6. The summed E-state index contributed by atoms with van der Waals surface area (Å²) in [5.41, 5.74) is 17.1. The molecule has 73 heavy (non-hydrogen) atoms. The Morgan fingerprint density at radius 3 is 1.47 bits per heavy atom. The van der Waals surface area contributed by atoms with Crippen LogP contribution < -0.4 is 0 Å². The second kappa shape index (κ2) is 18.5. The molecule has 13 rings (SSSR count). The van der Waals surface area contributed by atoms with Gasteiger partial charge in [-0.1, -0.05) is 183 Å². The Balaban J connectivity index is 0.949. The first-order chi connectivity index (χ1) is 36.0. The van der Waals surface area contributed by atoms with Crippen molar-refractivity contribution in [3.63, 3.8) is 0 Å². The molecule has 0 saturated heterocycles. The van der Waals surface area contributed by atoms with Crippen LogP contribution in [0.4, 0.5) is 0 Å². The van der Waals surface area contributed by atoms with E-state index in [1.54, 1.807) is 0 Å². The molecule has 5 aromatic heterocycles. The molecule has 1 aliphatic rings. The quantitative estimate of drug-likeness (QED) is 0.148. The van der Waals surface area contributed by atoms with Gasteiger partial charge in [-0.05, 0) is 105 Å². The van der Waals surface area contributed by atoms with Crippen LogP contribution in [0.5, 0.6) is 0 Å². The third-order valence-electron chi connectivity index (χ3n) is 13.7. The fourth-order valence-electron chi connectivity index (χ4n) is 9.79. The summed E-state index contributed by atoms with van der Waals surface area (Å²) in [5.74, 6) is 0.625. The molecule has 0 bridgehead atoms. The number of benzene rings is 7. The summed E-state index contributed by atoms with van der Waals surface area (Å²) in [6.07, 6.45) is 19.0. The Labute approximate surface area is 422 Å². The molecule has 6 heteroatoms. The summed E-state index contributed by atoms with van der Waals surface area (Å²) >= 11 is 0. The monoisotopic (exact) mass is 932 g/mol. The highest BCUT2D eigenvalue weighted by molar-refractivity contribution is 6.04. The predicted molar refractivity (Wildman–Crippen MR) is 303 cm³/mol. The molecular formula is C67H44N6. The van der Waals surface area contributed by atoms with Crippen LogP contribution in [-0.4, -0.2) is 29.9 Å². The van der Waals surface area contributed by atoms with Gasteiger partial charge in [-0.3, -0.25) is 9.97 Å². The first-order valence-electron chi connectivity index (χ1n) is 24.5. The van der Waals surface area contributed by atoms with Crippen molar-refractivity contribution in [2.45, 2.75) is 6.42 Å². The smallest absolute Gasteiger partial charge is 0.160 e. The maximum Gasteiger partial charge on any atom is 0.160 e. The highest BCUT2D eigenvalue weighted by Gasteiger charge is 2.16. The van der Waals surface area contributed by atoms with Gasteiger partial charge >= 0.3 is 0 Å². The fraction of sp³-hybridized carbons (Fsp3) is 0.0149. The summed E-state index contributed by atoms with van der Waals surface area (Å²) in [6, 6.07) is 66.1. The molecule has 0 spiro atoms. The maximum atomic E-state index is 5.41. The molecule has 0 saturated carbocycles. The number of allylic oxidation sites excluding steroid dienone is 9. The van der Waals surface area contributed by atoms with Gasteiger partial charge in [0, 0.05) is 56.2 Å². The molecule has 0 aliphatic heterocycles. The topological polar surface area (TPSA) is 77.3 Å². The van der Waals surface area contributed by atoms with Crippen molar-refractivity contribution in [1.82, 2.24) is 29.9 Å². The zero-order chi connectivity index (χ0) is 48.7. The van der Waals surface area contributed by atoms with Gasteiger partial charge in [0.2, 0.25) is 0 Å². The Hall–Kier alpha value is -9.78. The average molecular weight is 933 g/mol. The number of pyridine rings is 4. The van der Waals surface area contributed by atoms with Gasteiger partial charge in [-0.15, -0.1) is 0 Å². The van der Waals surface area contributed by atoms with E-state index in [1.165, 1.54) is 5.39 Å². The lowest BCUT2D eigenvalue weighted by Gasteiger charge is -2.14. The summed E-state index contributed by atoms with van der Waals surface area (Å²) in [6.45, 7) is 4.26. The molecule has 0 amide bonds. The van der Waals surface area contributed by atoms with E-state index < -0.39 is 0 Å². The highest BCUT2D eigenvalue weighted by atomic mass is 14.9. The lowest BCUT2D eigenvalue weighted by Crippen LogP contribution is -1.99. The number of aromatic nitrogens is 6. The minimum absolute atomic E-state index is 0.625. The second-order valence-electron chi connectivity index (χ2n) is 18.4. The van der Waals surface area contributed by atoms with Crippen LogP contribution in [0.2, 0.25) is 0 Å². The Bertz CT molecular complexity index is 4120. The zero-order valence-electron chi connectivity index (χ0n) is 39.7. The van der Waals surface area contributed by atoms with Crippen LogP contribution in [-0.2, 0) is 0 Å². The van der Waals surface area contributed by atoms with Crippen molar-refractivity contribution in [3.05, 3.63) is 261 Å². The first kappa shape index (κ1) is 43.3. The van der Waals surface area contributed by atoms with Crippen LogP contribution in [0.3, 0.4) is 0 Å². The number of rotatable bonds is 7. The van der Waals surface area contributed by atoms with Gasteiger partial charge in [0.1, 0.15) is 0 Å². The third-order valence-corrected chi connectivity index (χ3v) is 13.7. The van der Waals surface area contributed by atoms with Crippen LogP contribution in [0.25, 0.3) is 127 Å². The number of fused-ring (bicyclic) bond motifs is 7. The van der Waals surface area contributed by atoms with Gasteiger partial charge in [0.25, 0.3) is 0 Å². The van der Waals surface area contributed by atoms with E-state index in [0.717, 1.165) is 134 Å². The van der Waals surface area contributed by atoms with E-state index >= 15 is 0 Å². The SMILES string of the molecule is C=C1C=C/C(c2cc(-c3ccc4ccccc4c3)nc(-c3cc(-c4ccc(-c5ccc6ccc7cccnc7c6n5)cc4)cc(-c4ccc(-c5ccc6ccc7cccnc7c6n5)cc4)c3)n2)=C\C/C=C\C=C/1. The van der Waals surface area contributed by atoms with Crippen molar-refractivity contribution < 1.29 is 0 Å². The van der Waals surface area contributed by atoms with Crippen molar-refractivity contribution in [1.29, 1.82) is 0 Å². The first-order valence-corrected chi connectivity index (χ1v) is 24.5. The van der Waals surface area contributed by atoms with Gasteiger partial charge in [0.05, 0.1) is 44.8 Å². The Morgan fingerprint density at radius 1 is 0.329 bits per heavy atom. The van der Waals surface area contributed by atoms with Crippen molar-refractivity contribution in [2.75, 3.05) is 0 Å². The highest BCUT2D eigenvalue weighted by Crippen LogP contribution is 2.37. The molecule has 0 unspecified atom stereocenters. The largest absolute Gasteiger partial charge is 0.254 e. The van der Waals surface area contributed by atoms with Gasteiger partial charge < -0.3 is 0 Å². The number of hydrogen-bond donors (Lipinski definition) is 0. The second-order valence-corrected chi connectivity index (χ2v) is 18.4. The minimum Gasteiger partial charge on any atom is -0.254 e. The third kappa shape index (κ3) is 8.57. The molecule has 7 aromatic carbocycles. The van der Waals surface area contributed by atoms with E-state index in [9.17, 15) is 0 Å². The summed E-state index contributed by atoms with van der Waals surface area (Å²) < 4.78 is 0. The van der Waals surface area contributed by atoms with E-state index in [4.69, 9.17) is 29.9 Å². The number of hydrogen-bond acceptors (Lipinski definition) is 6. The van der Waals surface area contributed by atoms with E-state index in [-0.39, 0.29) is 0 Å². The van der Waals surface area contributed by atoms with Gasteiger partial charge in [-0.2, -0.15) is 0 Å². The van der Waals surface area contributed by atoms with Crippen LogP contribution >= 0.6 is 0 Å². The molecule has 0 N–H and O–H groups in total. The molecule has 6 nitrogen and oxygen atoms in total. The predicted octanol–water partition coefficient (Wildman–Crippen LogP) is 16.8. The minimum atomic E-state index is 0.625. The standard InChI is InChI=1S/C67H44N6/c1-43-10-4-2-3-5-12-47(17-16-43)61-42-62(55-31-22-44-11-6-7-13-54(44)38-55)73-67(72-61)58-40-56(45-18-23-48(24-19-45)59-34-32-52-29-27-50-14-8-36-68-63(50)65(52)70-59)39-57(41-58)46-20-25-49(26-21-46)60-35-33-53-30-28-51-15-9-37-69-64(51)66(53)71-60/h2-4,6-42H,1,5H2/b3-2-,10-4-,17-16?,47-12+. The van der Waals surface area contributed by atoms with Crippen LogP contribution in [0.1, 0.15) is 12.1 Å². The molecule has 1 aliphatic carbocycles. The molecule has 0 radical (unpaired) electrons. The maximum absolute atomic E-state index is 5.41. The summed E-state index contributed by atoms with van der Waals surface area (Å²) in [4.78, 5) is 30.5. The van der Waals surface area contributed by atoms with Crippen molar-refractivity contribution >= 4 is 60.0 Å². The van der Waals surface area contributed by atoms with Crippen LogP contribution in [0, 0.1) is 0 Å². The van der Waals surface area contributed by atoms with Crippen molar-refractivity contribution in [3.8, 4) is 67.4 Å². The Morgan fingerprint density at radius 2 is 0.836 bits per heavy atom. The average Bonchev–Trinajstić information content (AvgIpc) is 3.46.